The molecular formula is C31H29N5O2S. The number of hydrogen-bond acceptors (Lipinski definition) is 6. The summed E-state index contributed by atoms with van der Waals surface area (Å²) < 4.78 is 7.29. The first kappa shape index (κ1) is 25.2. The second kappa shape index (κ2) is 11.3. The number of amidine groups is 1. The molecule has 4 aromatic rings. The van der Waals surface area contributed by atoms with Crippen molar-refractivity contribution in [3.63, 3.8) is 0 Å². The maximum atomic E-state index is 13.0. The zero-order valence-electron chi connectivity index (χ0n) is 21.7. The molecule has 0 atom stereocenters. The first-order valence-electron chi connectivity index (χ1n) is 13.0. The highest BCUT2D eigenvalue weighted by molar-refractivity contribution is 8.18. The fourth-order valence-corrected chi connectivity index (χ4v) is 5.77. The molecule has 0 bridgehead atoms. The Kier molecular flexibility index (Phi) is 7.29. The van der Waals surface area contributed by atoms with Crippen molar-refractivity contribution in [2.75, 3.05) is 33.3 Å². The summed E-state index contributed by atoms with van der Waals surface area (Å²) in [6.45, 7) is 4.51. The van der Waals surface area contributed by atoms with Gasteiger partial charge in [-0.25, -0.2) is 4.68 Å². The molecule has 0 unspecified atom stereocenters. The molecule has 1 fully saturated rings. The van der Waals surface area contributed by atoms with Gasteiger partial charge < -0.3 is 9.64 Å². The predicted octanol–water partition coefficient (Wildman–Crippen LogP) is 5.34. The van der Waals surface area contributed by atoms with Gasteiger partial charge in [0.15, 0.2) is 5.17 Å². The third-order valence-electron chi connectivity index (χ3n) is 6.89. The number of aliphatic imine (C=N–C) groups is 1. The van der Waals surface area contributed by atoms with E-state index in [1.807, 2.05) is 77.6 Å². The Morgan fingerprint density at radius 1 is 0.923 bits per heavy atom. The number of thioether (sulfide) groups is 1. The van der Waals surface area contributed by atoms with Gasteiger partial charge in [0.05, 0.1) is 17.7 Å². The van der Waals surface area contributed by atoms with Crippen LogP contribution in [0.25, 0.3) is 23.0 Å². The SMILES string of the molecule is COc1cccc(-c2nn(-c3ccccc3)cc2C=C2SC(N3CCN(Cc4ccccc4)CC3)=NC2=O)c1. The molecule has 1 aromatic heterocycles. The van der Waals surface area contributed by atoms with Crippen LogP contribution in [-0.4, -0.2) is 63.9 Å². The minimum Gasteiger partial charge on any atom is -0.497 e. The van der Waals surface area contributed by atoms with E-state index in [-0.39, 0.29) is 5.91 Å². The number of para-hydroxylation sites is 1. The van der Waals surface area contributed by atoms with E-state index < -0.39 is 0 Å². The summed E-state index contributed by atoms with van der Waals surface area (Å²) in [5.41, 5.74) is 4.82. The smallest absolute Gasteiger partial charge is 0.286 e. The van der Waals surface area contributed by atoms with E-state index >= 15 is 0 Å². The minimum absolute atomic E-state index is 0.203. The Morgan fingerprint density at radius 3 is 2.41 bits per heavy atom. The van der Waals surface area contributed by atoms with Gasteiger partial charge in [-0.2, -0.15) is 10.1 Å². The Balaban J connectivity index is 1.21. The number of nitrogens with zero attached hydrogens (tertiary/aromatic N) is 5. The molecule has 0 N–H and O–H groups in total. The molecule has 3 heterocycles. The van der Waals surface area contributed by atoms with Gasteiger partial charge in [0.1, 0.15) is 11.4 Å². The van der Waals surface area contributed by atoms with Gasteiger partial charge in [0.25, 0.3) is 5.91 Å². The van der Waals surface area contributed by atoms with Crippen molar-refractivity contribution < 1.29 is 9.53 Å². The van der Waals surface area contributed by atoms with Gasteiger partial charge in [-0.3, -0.25) is 9.69 Å². The molecule has 1 amide bonds. The highest BCUT2D eigenvalue weighted by atomic mass is 32.2. The van der Waals surface area contributed by atoms with Gasteiger partial charge >= 0.3 is 0 Å². The monoisotopic (exact) mass is 535 g/mol. The van der Waals surface area contributed by atoms with E-state index in [4.69, 9.17) is 9.84 Å². The number of methoxy groups -OCH3 is 1. The van der Waals surface area contributed by atoms with E-state index in [9.17, 15) is 4.79 Å². The summed E-state index contributed by atoms with van der Waals surface area (Å²) in [6.07, 6.45) is 3.88. The lowest BCUT2D eigenvalue weighted by molar-refractivity contribution is -0.113. The molecule has 196 valence electrons. The maximum absolute atomic E-state index is 13.0. The van der Waals surface area contributed by atoms with Crippen LogP contribution in [0.4, 0.5) is 0 Å². The van der Waals surface area contributed by atoms with Gasteiger partial charge in [0.2, 0.25) is 0 Å². The average Bonchev–Trinajstić information content (AvgIpc) is 3.58. The number of ether oxygens (including phenoxy) is 1. The molecule has 8 heteroatoms. The van der Waals surface area contributed by atoms with Crippen LogP contribution in [-0.2, 0) is 11.3 Å². The molecule has 0 spiro atoms. The molecule has 1 saturated heterocycles. The van der Waals surface area contributed by atoms with Crippen LogP contribution in [0.1, 0.15) is 11.1 Å². The van der Waals surface area contributed by atoms with Crippen molar-refractivity contribution >= 4 is 28.9 Å². The van der Waals surface area contributed by atoms with Gasteiger partial charge in [-0.15, -0.1) is 0 Å². The number of amides is 1. The quantitative estimate of drug-likeness (QED) is 0.311. The van der Waals surface area contributed by atoms with E-state index in [1.165, 1.54) is 17.3 Å². The molecule has 2 aliphatic heterocycles. The number of piperazine rings is 1. The number of hydrogen-bond donors (Lipinski definition) is 0. The van der Waals surface area contributed by atoms with Crippen molar-refractivity contribution in [1.82, 2.24) is 19.6 Å². The van der Waals surface area contributed by atoms with E-state index in [2.05, 4.69) is 39.1 Å². The lowest BCUT2D eigenvalue weighted by Crippen LogP contribution is -2.47. The summed E-state index contributed by atoms with van der Waals surface area (Å²) in [5, 5.41) is 5.67. The van der Waals surface area contributed by atoms with Crippen molar-refractivity contribution in [1.29, 1.82) is 0 Å². The summed E-state index contributed by atoms with van der Waals surface area (Å²) in [7, 11) is 1.65. The molecule has 39 heavy (non-hydrogen) atoms. The second-order valence-corrected chi connectivity index (χ2v) is 10.5. The molecular weight excluding hydrogens is 506 g/mol. The summed E-state index contributed by atoms with van der Waals surface area (Å²) in [4.78, 5) is 22.7. The summed E-state index contributed by atoms with van der Waals surface area (Å²) in [6, 6.07) is 28.3. The van der Waals surface area contributed by atoms with Crippen LogP contribution in [0.3, 0.4) is 0 Å². The van der Waals surface area contributed by atoms with E-state index in [0.717, 1.165) is 66.1 Å². The lowest BCUT2D eigenvalue weighted by Gasteiger charge is -2.35. The van der Waals surface area contributed by atoms with Crippen molar-refractivity contribution in [3.05, 3.63) is 107 Å². The minimum atomic E-state index is -0.203. The Bertz CT molecular complexity index is 1520. The number of rotatable bonds is 6. The molecule has 6 rings (SSSR count). The first-order valence-corrected chi connectivity index (χ1v) is 13.8. The van der Waals surface area contributed by atoms with E-state index in [0.29, 0.717) is 4.91 Å². The van der Waals surface area contributed by atoms with Crippen LogP contribution in [0.5, 0.6) is 5.75 Å². The van der Waals surface area contributed by atoms with Gasteiger partial charge in [-0.05, 0) is 47.7 Å². The van der Waals surface area contributed by atoms with Crippen LogP contribution < -0.4 is 4.74 Å². The Labute approximate surface area is 232 Å². The van der Waals surface area contributed by atoms with Gasteiger partial charge in [-0.1, -0.05) is 60.7 Å². The van der Waals surface area contributed by atoms with Gasteiger partial charge in [0, 0.05) is 50.0 Å². The maximum Gasteiger partial charge on any atom is 0.286 e. The second-order valence-electron chi connectivity index (χ2n) is 9.50. The zero-order valence-corrected chi connectivity index (χ0v) is 22.6. The number of aromatic nitrogens is 2. The zero-order chi connectivity index (χ0) is 26.6. The lowest BCUT2D eigenvalue weighted by atomic mass is 10.1. The summed E-state index contributed by atoms with van der Waals surface area (Å²) in [5.74, 6) is 0.550. The fraction of sp³-hybridized carbons (Fsp3) is 0.194. The number of carbonyl (C=O) groups excluding carboxylic acids is 1. The third kappa shape index (κ3) is 5.67. The standard InChI is InChI=1S/C31H29N5O2S/c1-38-27-14-8-11-24(19-27)29-25(22-36(33-29)26-12-6-3-7-13-26)20-28-30(37)32-31(39-28)35-17-15-34(16-18-35)21-23-9-4-2-5-10-23/h2-14,19-20,22H,15-18,21H2,1H3. The fourth-order valence-electron chi connectivity index (χ4n) is 4.81. The van der Waals surface area contributed by atoms with Crippen LogP contribution in [0.2, 0.25) is 0 Å². The topological polar surface area (TPSA) is 63.0 Å². The molecule has 7 nitrogen and oxygen atoms in total. The highest BCUT2D eigenvalue weighted by Crippen LogP contribution is 2.34. The van der Waals surface area contributed by atoms with Crippen molar-refractivity contribution in [3.8, 4) is 22.7 Å². The molecule has 2 aliphatic rings. The van der Waals surface area contributed by atoms with Crippen molar-refractivity contribution in [2.24, 2.45) is 4.99 Å². The first-order chi connectivity index (χ1) is 19.2. The van der Waals surface area contributed by atoms with E-state index in [1.54, 1.807) is 7.11 Å². The largest absolute Gasteiger partial charge is 0.497 e. The summed E-state index contributed by atoms with van der Waals surface area (Å²) >= 11 is 1.45. The third-order valence-corrected chi connectivity index (χ3v) is 7.94. The average molecular weight is 536 g/mol. The normalized spacial score (nSPS) is 17.1. The Hall–Kier alpha value is -4.14. The number of carbonyl (C=O) groups is 1. The van der Waals surface area contributed by atoms with Crippen LogP contribution in [0, 0.1) is 0 Å². The van der Waals surface area contributed by atoms with Crippen LogP contribution >= 0.6 is 11.8 Å². The van der Waals surface area contributed by atoms with Crippen LogP contribution in [0.15, 0.2) is 101 Å². The molecule has 0 saturated carbocycles. The highest BCUT2D eigenvalue weighted by Gasteiger charge is 2.29. The number of benzene rings is 3. The molecule has 0 aliphatic carbocycles. The Morgan fingerprint density at radius 2 is 1.67 bits per heavy atom. The molecule has 0 radical (unpaired) electrons. The molecule has 3 aromatic carbocycles. The van der Waals surface area contributed by atoms with Crippen molar-refractivity contribution in [2.45, 2.75) is 6.54 Å². The predicted molar refractivity (Wildman–Crippen MR) is 157 cm³/mol.